The highest BCUT2D eigenvalue weighted by Crippen LogP contribution is 2.36. The molecule has 0 aromatic carbocycles. The molecule has 0 fully saturated rings. The summed E-state index contributed by atoms with van der Waals surface area (Å²) in [6.07, 6.45) is 3.37. The Morgan fingerprint density at radius 1 is 2.00 bits per heavy atom. The van der Waals surface area contributed by atoms with Crippen LogP contribution in [0.4, 0.5) is 4.39 Å². The summed E-state index contributed by atoms with van der Waals surface area (Å²) in [5.74, 6) is 0. The minimum absolute atomic E-state index is 0.501. The SMILES string of the molecule is O=C[SH]1N=C[C]=C1F. The fourth-order valence-corrected chi connectivity index (χ4v) is 0.955. The van der Waals surface area contributed by atoms with Gasteiger partial charge in [-0.25, -0.2) is 4.40 Å². The van der Waals surface area contributed by atoms with Crippen LogP contribution in [0.25, 0.3) is 0 Å². The van der Waals surface area contributed by atoms with Crippen LogP contribution in [0.3, 0.4) is 0 Å². The number of hydrogen-bond acceptors (Lipinski definition) is 2. The first-order valence-electron chi connectivity index (χ1n) is 1.90. The van der Waals surface area contributed by atoms with Crippen LogP contribution in [0.1, 0.15) is 0 Å². The van der Waals surface area contributed by atoms with Gasteiger partial charge in [0.05, 0.1) is 0 Å². The molecule has 0 N–H and O–H groups in total. The molecular weight excluding hydrogens is 129 g/mol. The van der Waals surface area contributed by atoms with E-state index in [0.29, 0.717) is 5.62 Å². The van der Waals surface area contributed by atoms with Crippen LogP contribution in [0.5, 0.6) is 0 Å². The van der Waals surface area contributed by atoms with Crippen molar-refractivity contribution in [3.8, 4) is 0 Å². The zero-order valence-corrected chi connectivity index (χ0v) is 4.73. The molecule has 4 heteroatoms. The molecule has 1 heterocycles. The lowest BCUT2D eigenvalue weighted by Crippen LogP contribution is -1.70. The third-order valence-corrected chi connectivity index (χ3v) is 1.76. The zero-order valence-electron chi connectivity index (χ0n) is 3.84. The van der Waals surface area contributed by atoms with E-state index < -0.39 is 16.2 Å². The van der Waals surface area contributed by atoms with Gasteiger partial charge in [0, 0.05) is 12.3 Å². The Balaban J connectivity index is 2.71. The number of hydrogen-bond donors (Lipinski definition) is 1. The lowest BCUT2D eigenvalue weighted by atomic mass is 10.7. The molecule has 2 nitrogen and oxygen atoms in total. The number of rotatable bonds is 1. The average Bonchev–Trinajstić information content (AvgIpc) is 2.14. The maximum absolute atomic E-state index is 12.1. The van der Waals surface area contributed by atoms with Crippen LogP contribution < -0.4 is 0 Å². The number of nitrogens with zero attached hydrogens (tertiary/aromatic N) is 1. The predicted octanol–water partition coefficient (Wildman–Crippen LogP) is 0.791. The predicted molar refractivity (Wildman–Crippen MR) is 32.1 cm³/mol. The Labute approximate surface area is 48.6 Å². The summed E-state index contributed by atoms with van der Waals surface area (Å²) in [7, 11) is 0. The van der Waals surface area contributed by atoms with E-state index >= 15 is 0 Å². The molecule has 0 amide bonds. The molecule has 1 radical (unpaired) electrons. The Kier molecular flexibility index (Phi) is 1.43. The van der Waals surface area contributed by atoms with Crippen molar-refractivity contribution in [3.05, 3.63) is 11.2 Å². The van der Waals surface area contributed by atoms with Gasteiger partial charge >= 0.3 is 0 Å². The van der Waals surface area contributed by atoms with Crippen molar-refractivity contribution in [2.75, 3.05) is 0 Å². The molecule has 1 aliphatic heterocycles. The van der Waals surface area contributed by atoms with E-state index in [1.54, 1.807) is 0 Å². The Morgan fingerprint density at radius 3 is 3.00 bits per heavy atom. The van der Waals surface area contributed by atoms with Crippen LogP contribution in [-0.4, -0.2) is 11.8 Å². The molecule has 0 spiro atoms. The third-order valence-electron chi connectivity index (χ3n) is 0.667. The Morgan fingerprint density at radius 2 is 2.75 bits per heavy atom. The standard InChI is InChI=1S/C4H3FNOS/c5-4-1-2-6-8(4)3-7/h2-3,8H. The van der Waals surface area contributed by atoms with E-state index in [1.807, 2.05) is 0 Å². The third kappa shape index (κ3) is 0.790. The van der Waals surface area contributed by atoms with E-state index in [1.165, 1.54) is 6.21 Å². The topological polar surface area (TPSA) is 29.4 Å². The van der Waals surface area contributed by atoms with Gasteiger partial charge in [-0.1, -0.05) is 0 Å². The molecule has 8 heavy (non-hydrogen) atoms. The molecule has 1 aliphatic rings. The lowest BCUT2D eigenvalue weighted by molar-refractivity contribution is 0.569. The van der Waals surface area contributed by atoms with Crippen LogP contribution in [-0.2, 0) is 4.79 Å². The molecule has 1 unspecified atom stereocenters. The molecule has 0 aromatic heterocycles. The smallest absolute Gasteiger partial charge is 0.181 e. The first kappa shape index (κ1) is 5.50. The minimum atomic E-state index is -1.48. The highest BCUT2D eigenvalue weighted by Gasteiger charge is 2.08. The molecule has 0 aromatic rings. The molecule has 1 rings (SSSR count). The van der Waals surface area contributed by atoms with Gasteiger partial charge in [0.15, 0.2) is 10.8 Å². The van der Waals surface area contributed by atoms with Crippen LogP contribution >= 0.6 is 11.1 Å². The van der Waals surface area contributed by atoms with E-state index in [0.717, 1.165) is 0 Å². The lowest BCUT2D eigenvalue weighted by Gasteiger charge is -1.95. The molecule has 0 saturated heterocycles. The molecule has 0 saturated carbocycles. The summed E-state index contributed by atoms with van der Waals surface area (Å²) < 4.78 is 15.6. The first-order chi connectivity index (χ1) is 3.84. The summed E-state index contributed by atoms with van der Waals surface area (Å²) >= 11 is -1.48. The second kappa shape index (κ2) is 2.09. The molecule has 0 aliphatic carbocycles. The number of carbonyl (C=O) groups excluding carboxylic acids is 1. The second-order valence-electron chi connectivity index (χ2n) is 1.13. The second-order valence-corrected chi connectivity index (χ2v) is 2.65. The Hall–Kier alpha value is -0.640. The maximum atomic E-state index is 12.1. The van der Waals surface area contributed by atoms with Gasteiger partial charge in [0.25, 0.3) is 0 Å². The van der Waals surface area contributed by atoms with Crippen molar-refractivity contribution < 1.29 is 9.18 Å². The monoisotopic (exact) mass is 132 g/mol. The van der Waals surface area contributed by atoms with Gasteiger partial charge in [-0.15, -0.1) is 0 Å². The summed E-state index contributed by atoms with van der Waals surface area (Å²) in [5.41, 5.74) is 0.501. The zero-order chi connectivity index (χ0) is 5.98. The van der Waals surface area contributed by atoms with Crippen LogP contribution in [0.15, 0.2) is 9.56 Å². The first-order valence-corrected chi connectivity index (χ1v) is 3.27. The average molecular weight is 132 g/mol. The van der Waals surface area contributed by atoms with Crippen molar-refractivity contribution in [1.82, 2.24) is 0 Å². The highest BCUT2D eigenvalue weighted by atomic mass is 32.2. The van der Waals surface area contributed by atoms with Crippen LogP contribution in [0, 0.1) is 6.08 Å². The van der Waals surface area contributed by atoms with Gasteiger partial charge in [-0.05, 0) is 11.1 Å². The normalized spacial score (nSPS) is 30.1. The van der Waals surface area contributed by atoms with Crippen molar-refractivity contribution >= 4 is 22.9 Å². The fourth-order valence-electron chi connectivity index (χ4n) is 0.335. The summed E-state index contributed by atoms with van der Waals surface area (Å²) in [4.78, 5) is 9.83. The van der Waals surface area contributed by atoms with Crippen molar-refractivity contribution in [2.45, 2.75) is 0 Å². The largest absolute Gasteiger partial charge is 0.291 e. The van der Waals surface area contributed by atoms with Gasteiger partial charge < -0.3 is 0 Å². The molecular formula is C4H3FNOS. The van der Waals surface area contributed by atoms with E-state index in [4.69, 9.17) is 0 Å². The molecule has 0 bridgehead atoms. The van der Waals surface area contributed by atoms with Crippen LogP contribution in [0.2, 0.25) is 0 Å². The van der Waals surface area contributed by atoms with Gasteiger partial charge in [-0.2, -0.15) is 4.39 Å². The van der Waals surface area contributed by atoms with E-state index in [2.05, 4.69) is 10.5 Å². The summed E-state index contributed by atoms with van der Waals surface area (Å²) in [6.45, 7) is 0. The number of halogens is 1. The van der Waals surface area contributed by atoms with Gasteiger partial charge in [-0.3, -0.25) is 4.79 Å². The maximum Gasteiger partial charge on any atom is 0.181 e. The van der Waals surface area contributed by atoms with E-state index in [-0.39, 0.29) is 0 Å². The fraction of sp³-hybridized carbons (Fsp3) is 0. The van der Waals surface area contributed by atoms with Gasteiger partial charge in [0.2, 0.25) is 0 Å². The quantitative estimate of drug-likeness (QED) is 0.415. The van der Waals surface area contributed by atoms with Crippen molar-refractivity contribution in [3.63, 3.8) is 0 Å². The van der Waals surface area contributed by atoms with Crippen molar-refractivity contribution in [2.24, 2.45) is 4.40 Å². The number of allylic oxidation sites excluding steroid dienone is 1. The Bertz CT molecular complexity index is 165. The minimum Gasteiger partial charge on any atom is -0.291 e. The summed E-state index contributed by atoms with van der Waals surface area (Å²) in [6, 6.07) is 0. The van der Waals surface area contributed by atoms with Crippen molar-refractivity contribution in [1.29, 1.82) is 0 Å². The summed E-state index contributed by atoms with van der Waals surface area (Å²) in [5, 5.41) is -0.532. The van der Waals surface area contributed by atoms with E-state index in [9.17, 15) is 9.18 Å². The number of carbonyl (C=O) groups is 1. The highest BCUT2D eigenvalue weighted by molar-refractivity contribution is 8.30. The number of thiol groups is 1. The van der Waals surface area contributed by atoms with Gasteiger partial charge in [0.1, 0.15) is 0 Å². The molecule has 43 valence electrons. The molecule has 1 atom stereocenters.